The van der Waals surface area contributed by atoms with Crippen LogP contribution in [-0.4, -0.2) is 39.5 Å². The first kappa shape index (κ1) is 17.4. The van der Waals surface area contributed by atoms with Gasteiger partial charge in [-0.25, -0.2) is 9.00 Å². The Bertz CT molecular complexity index is 637. The predicted molar refractivity (Wildman–Crippen MR) is 91.9 cm³/mol. The SMILES string of the molecule is Cc1ccc(S(=O)OC[C@@H]2C[C@H]3C[C@H]3N2C(=O)OC(C)(C)C)cc1. The molecule has 4 atom stereocenters. The lowest BCUT2D eigenvalue weighted by Crippen LogP contribution is -2.44. The van der Waals surface area contributed by atoms with E-state index in [0.29, 0.717) is 10.8 Å². The van der Waals surface area contributed by atoms with Crippen molar-refractivity contribution in [3.8, 4) is 0 Å². The molecule has 1 aromatic rings. The monoisotopic (exact) mass is 351 g/mol. The number of benzene rings is 1. The Morgan fingerprint density at radius 3 is 2.54 bits per heavy atom. The van der Waals surface area contributed by atoms with Crippen molar-refractivity contribution in [3.05, 3.63) is 29.8 Å². The fourth-order valence-corrected chi connectivity index (χ4v) is 3.94. The van der Waals surface area contributed by atoms with E-state index in [9.17, 15) is 9.00 Å². The summed E-state index contributed by atoms with van der Waals surface area (Å²) in [5.74, 6) is 0.541. The minimum absolute atomic E-state index is 0.0574. The van der Waals surface area contributed by atoms with Gasteiger partial charge in [-0.2, -0.15) is 0 Å². The van der Waals surface area contributed by atoms with E-state index in [1.54, 1.807) is 4.90 Å². The molecule has 6 heteroatoms. The average molecular weight is 351 g/mol. The number of carbonyl (C=O) groups excluding carboxylic acids is 1. The molecule has 1 unspecified atom stereocenters. The van der Waals surface area contributed by atoms with Crippen molar-refractivity contribution in [1.29, 1.82) is 0 Å². The van der Waals surface area contributed by atoms with Crippen molar-refractivity contribution >= 4 is 17.2 Å². The van der Waals surface area contributed by atoms with Gasteiger partial charge in [0.25, 0.3) is 0 Å². The van der Waals surface area contributed by atoms with Crippen LogP contribution < -0.4 is 0 Å². The molecule has 0 spiro atoms. The Hall–Kier alpha value is -1.40. The lowest BCUT2D eigenvalue weighted by molar-refractivity contribution is 0.0144. The van der Waals surface area contributed by atoms with Gasteiger partial charge in [0.05, 0.1) is 17.5 Å². The Balaban J connectivity index is 1.59. The fraction of sp³-hybridized carbons (Fsp3) is 0.611. The van der Waals surface area contributed by atoms with E-state index in [-0.39, 0.29) is 24.8 Å². The quantitative estimate of drug-likeness (QED) is 0.834. The van der Waals surface area contributed by atoms with Crippen LogP contribution in [0.5, 0.6) is 0 Å². The maximum absolute atomic E-state index is 12.4. The molecule has 132 valence electrons. The largest absolute Gasteiger partial charge is 0.444 e. The third kappa shape index (κ3) is 3.98. The number of aryl methyl sites for hydroxylation is 1. The minimum atomic E-state index is -1.51. The smallest absolute Gasteiger partial charge is 0.410 e. The standard InChI is InChI=1S/C18H25NO4S/c1-12-5-7-15(8-6-12)24(21)22-11-14-9-13-10-16(13)19(14)17(20)23-18(2,3)4/h5-8,13-14,16H,9-11H2,1-4H3/t13-,14-,16+,24?/m0/s1. The molecule has 1 heterocycles. The van der Waals surface area contributed by atoms with Crippen LogP contribution in [0.15, 0.2) is 29.2 Å². The molecule has 3 rings (SSSR count). The Kier molecular flexibility index (Phi) is 4.71. The number of fused-ring (bicyclic) bond motifs is 1. The van der Waals surface area contributed by atoms with Crippen LogP contribution in [-0.2, 0) is 20.0 Å². The first-order chi connectivity index (χ1) is 11.2. The van der Waals surface area contributed by atoms with E-state index in [4.69, 9.17) is 8.92 Å². The summed E-state index contributed by atoms with van der Waals surface area (Å²) in [5.41, 5.74) is 0.600. The number of ether oxygens (including phenoxy) is 1. The van der Waals surface area contributed by atoms with E-state index in [1.807, 2.05) is 52.0 Å². The molecule has 2 aliphatic rings. The van der Waals surface area contributed by atoms with E-state index in [2.05, 4.69) is 0 Å². The van der Waals surface area contributed by atoms with E-state index < -0.39 is 16.7 Å². The van der Waals surface area contributed by atoms with Crippen molar-refractivity contribution in [3.63, 3.8) is 0 Å². The normalized spacial score (nSPS) is 26.8. The molecular formula is C18H25NO4S. The molecule has 5 nitrogen and oxygen atoms in total. The molecule has 1 saturated heterocycles. The lowest BCUT2D eigenvalue weighted by atomic mass is 10.2. The summed E-state index contributed by atoms with van der Waals surface area (Å²) < 4.78 is 23.3. The lowest BCUT2D eigenvalue weighted by Gasteiger charge is -2.30. The zero-order valence-electron chi connectivity index (χ0n) is 14.7. The van der Waals surface area contributed by atoms with Crippen LogP contribution in [0.4, 0.5) is 4.79 Å². The van der Waals surface area contributed by atoms with E-state index in [1.165, 1.54) is 0 Å². The highest BCUT2D eigenvalue weighted by molar-refractivity contribution is 7.80. The molecule has 1 aliphatic heterocycles. The Morgan fingerprint density at radius 1 is 1.25 bits per heavy atom. The average Bonchev–Trinajstić information content (AvgIpc) is 3.14. The number of carbonyl (C=O) groups is 1. The molecule has 2 fully saturated rings. The van der Waals surface area contributed by atoms with Crippen LogP contribution in [0.25, 0.3) is 0 Å². The number of hydrogen-bond donors (Lipinski definition) is 0. The maximum atomic E-state index is 12.4. The fourth-order valence-electron chi connectivity index (χ4n) is 3.16. The molecule has 1 aromatic carbocycles. The highest BCUT2D eigenvalue weighted by Crippen LogP contribution is 2.48. The molecule has 0 aromatic heterocycles. The predicted octanol–water partition coefficient (Wildman–Crippen LogP) is 3.43. The highest BCUT2D eigenvalue weighted by atomic mass is 32.2. The van der Waals surface area contributed by atoms with Gasteiger partial charge in [0.15, 0.2) is 11.1 Å². The van der Waals surface area contributed by atoms with Crippen molar-refractivity contribution in [2.24, 2.45) is 5.92 Å². The van der Waals surface area contributed by atoms with Crippen molar-refractivity contribution < 1.29 is 17.9 Å². The number of amides is 1. The number of nitrogens with zero attached hydrogens (tertiary/aromatic N) is 1. The van der Waals surface area contributed by atoms with Gasteiger partial charge in [-0.1, -0.05) is 17.7 Å². The van der Waals surface area contributed by atoms with Gasteiger partial charge in [0, 0.05) is 6.04 Å². The number of rotatable bonds is 4. The second-order valence-corrected chi connectivity index (χ2v) is 8.85. The third-order valence-corrected chi connectivity index (χ3v) is 5.40. The van der Waals surface area contributed by atoms with Crippen molar-refractivity contribution in [2.45, 2.75) is 63.1 Å². The van der Waals surface area contributed by atoms with E-state index in [0.717, 1.165) is 18.4 Å². The number of hydrogen-bond acceptors (Lipinski definition) is 4. The molecule has 1 saturated carbocycles. The molecular weight excluding hydrogens is 326 g/mol. The minimum Gasteiger partial charge on any atom is -0.444 e. The summed E-state index contributed by atoms with van der Waals surface area (Å²) in [6, 6.07) is 7.65. The topological polar surface area (TPSA) is 55.8 Å². The van der Waals surface area contributed by atoms with Gasteiger partial charge >= 0.3 is 6.09 Å². The summed E-state index contributed by atoms with van der Waals surface area (Å²) >= 11 is -1.51. The first-order valence-electron chi connectivity index (χ1n) is 8.37. The van der Waals surface area contributed by atoms with Crippen molar-refractivity contribution in [1.82, 2.24) is 4.90 Å². The van der Waals surface area contributed by atoms with Crippen molar-refractivity contribution in [2.75, 3.05) is 6.61 Å². The second kappa shape index (κ2) is 6.48. The van der Waals surface area contributed by atoms with Crippen LogP contribution in [0.1, 0.15) is 39.2 Å². The summed E-state index contributed by atoms with van der Waals surface area (Å²) in [4.78, 5) is 14.9. The number of piperidine rings is 1. The molecule has 1 amide bonds. The van der Waals surface area contributed by atoms with Gasteiger partial charge in [0.1, 0.15) is 5.60 Å². The summed E-state index contributed by atoms with van der Waals surface area (Å²) in [5, 5.41) is 0. The zero-order chi connectivity index (χ0) is 17.5. The Labute approximate surface area is 146 Å². The van der Waals surface area contributed by atoms with Crippen LogP contribution in [0.3, 0.4) is 0 Å². The van der Waals surface area contributed by atoms with Gasteiger partial charge in [-0.05, 0) is 58.6 Å². The zero-order valence-corrected chi connectivity index (χ0v) is 15.5. The summed E-state index contributed by atoms with van der Waals surface area (Å²) in [7, 11) is 0. The summed E-state index contributed by atoms with van der Waals surface area (Å²) in [6.07, 6.45) is 1.65. The van der Waals surface area contributed by atoms with Gasteiger partial charge < -0.3 is 4.74 Å². The molecule has 0 radical (unpaired) electrons. The van der Waals surface area contributed by atoms with E-state index >= 15 is 0 Å². The second-order valence-electron chi connectivity index (χ2n) is 7.67. The first-order valence-corrected chi connectivity index (χ1v) is 9.45. The van der Waals surface area contributed by atoms with Crippen LogP contribution >= 0.6 is 0 Å². The molecule has 0 N–H and O–H groups in total. The highest BCUT2D eigenvalue weighted by Gasteiger charge is 2.55. The molecule has 24 heavy (non-hydrogen) atoms. The van der Waals surface area contributed by atoms with Gasteiger partial charge in [-0.3, -0.25) is 9.08 Å². The van der Waals surface area contributed by atoms with Crippen LogP contribution in [0.2, 0.25) is 0 Å². The number of likely N-dealkylation sites (tertiary alicyclic amines) is 1. The van der Waals surface area contributed by atoms with Crippen LogP contribution in [0, 0.1) is 12.8 Å². The van der Waals surface area contributed by atoms with Gasteiger partial charge in [0.2, 0.25) is 0 Å². The maximum Gasteiger partial charge on any atom is 0.410 e. The molecule has 0 bridgehead atoms. The van der Waals surface area contributed by atoms with Gasteiger partial charge in [-0.15, -0.1) is 0 Å². The third-order valence-electron chi connectivity index (χ3n) is 4.40. The Morgan fingerprint density at radius 2 is 1.92 bits per heavy atom. The molecule has 1 aliphatic carbocycles. The summed E-state index contributed by atoms with van der Waals surface area (Å²) in [6.45, 7) is 7.85.